The van der Waals surface area contributed by atoms with E-state index in [2.05, 4.69) is 16.8 Å². The number of hydrogen-bond acceptors (Lipinski definition) is 1. The molecule has 0 spiro atoms. The number of aromatic nitrogens is 1. The molecule has 1 heterocycles. The highest BCUT2D eigenvalue weighted by molar-refractivity contribution is 6.18. The van der Waals surface area contributed by atoms with E-state index in [0.717, 1.165) is 6.20 Å². The maximum absolute atomic E-state index is 12.3. The van der Waals surface area contributed by atoms with Crippen LogP contribution in [-0.2, 0) is 0 Å². The van der Waals surface area contributed by atoms with Crippen LogP contribution in [0, 0.1) is 17.7 Å². The highest BCUT2D eigenvalue weighted by Gasteiger charge is 1.88. The smallest absolute Gasteiger partial charge is 0.141 e. The van der Waals surface area contributed by atoms with Crippen LogP contribution < -0.4 is 0 Å². The van der Waals surface area contributed by atoms with Crippen molar-refractivity contribution < 1.29 is 4.39 Å². The normalized spacial score (nSPS) is 8.83. The quantitative estimate of drug-likeness (QED) is 0.481. The van der Waals surface area contributed by atoms with E-state index in [0.29, 0.717) is 18.0 Å². The first kappa shape index (κ1) is 9.02. The van der Waals surface area contributed by atoms with E-state index in [1.807, 2.05) is 0 Å². The van der Waals surface area contributed by atoms with E-state index in [4.69, 9.17) is 11.6 Å². The lowest BCUT2D eigenvalue weighted by atomic mass is 10.3. The zero-order chi connectivity index (χ0) is 8.81. The van der Waals surface area contributed by atoms with Crippen LogP contribution in [0.2, 0.25) is 0 Å². The Hall–Kier alpha value is -1.07. The summed E-state index contributed by atoms with van der Waals surface area (Å²) in [6.45, 7) is 0. The van der Waals surface area contributed by atoms with Crippen molar-refractivity contribution >= 4 is 11.6 Å². The van der Waals surface area contributed by atoms with Crippen LogP contribution in [0.3, 0.4) is 0 Å². The number of halogens is 2. The average Bonchev–Trinajstić information content (AvgIpc) is 2.09. The summed E-state index contributed by atoms with van der Waals surface area (Å²) in [5, 5.41) is 0. The first-order valence-corrected chi connectivity index (χ1v) is 4.03. The summed E-state index contributed by atoms with van der Waals surface area (Å²) in [7, 11) is 0. The fourth-order valence-electron chi connectivity index (χ4n) is 0.650. The van der Waals surface area contributed by atoms with Gasteiger partial charge in [-0.25, -0.2) is 9.37 Å². The SMILES string of the molecule is Fc1ccc(C#CCCCl)nc1. The highest BCUT2D eigenvalue weighted by atomic mass is 35.5. The Kier molecular flexibility index (Phi) is 3.56. The second-order valence-electron chi connectivity index (χ2n) is 2.10. The zero-order valence-corrected chi connectivity index (χ0v) is 7.11. The monoisotopic (exact) mass is 183 g/mol. The molecule has 1 aromatic heterocycles. The summed E-state index contributed by atoms with van der Waals surface area (Å²) in [4.78, 5) is 3.76. The Morgan fingerprint density at radius 1 is 1.50 bits per heavy atom. The Morgan fingerprint density at radius 3 is 2.92 bits per heavy atom. The molecule has 0 bridgehead atoms. The fourth-order valence-corrected chi connectivity index (χ4v) is 0.745. The minimum Gasteiger partial charge on any atom is -0.245 e. The lowest BCUT2D eigenvalue weighted by Gasteiger charge is -1.87. The largest absolute Gasteiger partial charge is 0.245 e. The molecule has 62 valence electrons. The maximum Gasteiger partial charge on any atom is 0.141 e. The van der Waals surface area contributed by atoms with Crippen molar-refractivity contribution in [3.63, 3.8) is 0 Å². The molecule has 1 aromatic rings. The molecule has 3 heteroatoms. The number of rotatable bonds is 1. The topological polar surface area (TPSA) is 12.9 Å². The Morgan fingerprint density at radius 2 is 2.33 bits per heavy atom. The molecule has 0 aliphatic heterocycles. The van der Waals surface area contributed by atoms with Gasteiger partial charge in [-0.15, -0.1) is 11.6 Å². The van der Waals surface area contributed by atoms with E-state index in [9.17, 15) is 4.39 Å². The van der Waals surface area contributed by atoms with Crippen LogP contribution in [0.25, 0.3) is 0 Å². The molecule has 0 unspecified atom stereocenters. The second-order valence-corrected chi connectivity index (χ2v) is 2.48. The molecule has 0 aromatic carbocycles. The van der Waals surface area contributed by atoms with Gasteiger partial charge in [0.25, 0.3) is 0 Å². The second kappa shape index (κ2) is 4.74. The first-order valence-electron chi connectivity index (χ1n) is 3.49. The number of nitrogens with zero attached hydrogens (tertiary/aromatic N) is 1. The number of pyridine rings is 1. The Balaban J connectivity index is 2.66. The molecule has 0 amide bonds. The average molecular weight is 184 g/mol. The van der Waals surface area contributed by atoms with Gasteiger partial charge < -0.3 is 0 Å². The molecule has 0 atom stereocenters. The van der Waals surface area contributed by atoms with Crippen molar-refractivity contribution in [2.45, 2.75) is 6.42 Å². The molecule has 0 aliphatic carbocycles. The van der Waals surface area contributed by atoms with Crippen molar-refractivity contribution in [1.29, 1.82) is 0 Å². The Labute approximate surface area is 75.6 Å². The lowest BCUT2D eigenvalue weighted by Crippen LogP contribution is -1.82. The molecule has 0 N–H and O–H groups in total. The molecule has 1 rings (SSSR count). The minimum absolute atomic E-state index is 0.349. The molecule has 0 radical (unpaired) electrons. The molecule has 0 saturated heterocycles. The van der Waals surface area contributed by atoms with E-state index in [1.54, 1.807) is 0 Å². The minimum atomic E-state index is -0.349. The summed E-state index contributed by atoms with van der Waals surface area (Å²) in [5.41, 5.74) is 0.571. The third-order valence-electron chi connectivity index (χ3n) is 1.16. The summed E-state index contributed by atoms with van der Waals surface area (Å²) in [5.74, 6) is 5.72. The fraction of sp³-hybridized carbons (Fsp3) is 0.222. The van der Waals surface area contributed by atoms with Gasteiger partial charge in [0.05, 0.1) is 6.20 Å². The van der Waals surface area contributed by atoms with Gasteiger partial charge in [0.2, 0.25) is 0 Å². The van der Waals surface area contributed by atoms with E-state index in [1.165, 1.54) is 12.1 Å². The van der Waals surface area contributed by atoms with Crippen LogP contribution >= 0.6 is 11.6 Å². The summed E-state index contributed by atoms with van der Waals surface area (Å²) in [6, 6.07) is 2.87. The third-order valence-corrected chi connectivity index (χ3v) is 1.35. The Bertz CT molecular complexity index is 297. The molecule has 0 saturated carbocycles. The standard InChI is InChI=1S/C9H7ClFN/c10-6-2-1-3-9-5-4-8(11)7-12-9/h4-5,7H,2,6H2. The lowest BCUT2D eigenvalue weighted by molar-refractivity contribution is 0.621. The van der Waals surface area contributed by atoms with E-state index >= 15 is 0 Å². The van der Waals surface area contributed by atoms with Crippen LogP contribution in [-0.4, -0.2) is 10.9 Å². The maximum atomic E-state index is 12.3. The van der Waals surface area contributed by atoms with Crippen molar-refractivity contribution in [2.75, 3.05) is 5.88 Å². The summed E-state index contributed by atoms with van der Waals surface area (Å²) < 4.78 is 12.3. The van der Waals surface area contributed by atoms with Gasteiger partial charge in [0.15, 0.2) is 0 Å². The van der Waals surface area contributed by atoms with Crippen molar-refractivity contribution in [3.8, 4) is 11.8 Å². The number of alkyl halides is 1. The van der Waals surface area contributed by atoms with E-state index < -0.39 is 0 Å². The van der Waals surface area contributed by atoms with Gasteiger partial charge in [0, 0.05) is 12.3 Å². The van der Waals surface area contributed by atoms with Gasteiger partial charge >= 0.3 is 0 Å². The summed E-state index contributed by atoms with van der Waals surface area (Å²) in [6.07, 6.45) is 1.77. The predicted octanol–water partition coefficient (Wildman–Crippen LogP) is 2.20. The first-order chi connectivity index (χ1) is 5.83. The molecule has 12 heavy (non-hydrogen) atoms. The van der Waals surface area contributed by atoms with Crippen LogP contribution in [0.5, 0.6) is 0 Å². The molecule has 1 nitrogen and oxygen atoms in total. The number of hydrogen-bond donors (Lipinski definition) is 0. The van der Waals surface area contributed by atoms with Gasteiger partial charge in [-0.05, 0) is 18.1 Å². The zero-order valence-electron chi connectivity index (χ0n) is 6.35. The van der Waals surface area contributed by atoms with Crippen LogP contribution in [0.1, 0.15) is 12.1 Å². The third kappa shape index (κ3) is 2.89. The van der Waals surface area contributed by atoms with Crippen molar-refractivity contribution in [3.05, 3.63) is 29.8 Å². The molecular formula is C9H7ClFN. The predicted molar refractivity (Wildman–Crippen MR) is 46.4 cm³/mol. The van der Waals surface area contributed by atoms with Crippen molar-refractivity contribution in [1.82, 2.24) is 4.98 Å². The van der Waals surface area contributed by atoms with Gasteiger partial charge in [-0.2, -0.15) is 0 Å². The van der Waals surface area contributed by atoms with Crippen molar-refractivity contribution in [2.24, 2.45) is 0 Å². The van der Waals surface area contributed by atoms with Crippen LogP contribution in [0.15, 0.2) is 18.3 Å². The molecular weight excluding hydrogens is 177 g/mol. The van der Waals surface area contributed by atoms with Gasteiger partial charge in [-0.1, -0.05) is 5.92 Å². The van der Waals surface area contributed by atoms with Gasteiger partial charge in [0.1, 0.15) is 11.5 Å². The molecule has 0 aliphatic rings. The van der Waals surface area contributed by atoms with Gasteiger partial charge in [-0.3, -0.25) is 0 Å². The van der Waals surface area contributed by atoms with Crippen LogP contribution in [0.4, 0.5) is 4.39 Å². The van der Waals surface area contributed by atoms with E-state index in [-0.39, 0.29) is 5.82 Å². The summed E-state index contributed by atoms with van der Waals surface area (Å²) >= 11 is 5.41. The highest BCUT2D eigenvalue weighted by Crippen LogP contribution is 1.95. The molecule has 0 fully saturated rings.